The minimum atomic E-state index is -0.535. The van der Waals surface area contributed by atoms with Crippen molar-refractivity contribution < 1.29 is 19.1 Å². The number of carbonyl (C=O) groups is 2. The Morgan fingerprint density at radius 1 is 1.14 bits per heavy atom. The summed E-state index contributed by atoms with van der Waals surface area (Å²) in [6, 6.07) is 15.0. The zero-order valence-electron chi connectivity index (χ0n) is 15.5. The smallest absolute Gasteiger partial charge is 0.322 e. The van der Waals surface area contributed by atoms with Crippen LogP contribution in [-0.2, 0) is 4.79 Å². The molecule has 28 heavy (non-hydrogen) atoms. The van der Waals surface area contributed by atoms with Crippen molar-refractivity contribution in [2.75, 3.05) is 25.0 Å². The predicted octanol–water partition coefficient (Wildman–Crippen LogP) is 2.42. The van der Waals surface area contributed by atoms with E-state index in [1.807, 2.05) is 30.3 Å². The zero-order chi connectivity index (χ0) is 19.9. The molecule has 7 heteroatoms. The molecule has 0 unspecified atom stereocenters. The molecule has 0 aliphatic carbocycles. The number of likely N-dealkylation sites (tertiary alicyclic amines) is 2. The second-order valence-electron chi connectivity index (χ2n) is 7.40. The number of aliphatic hydroxyl groups is 1. The third-order valence-corrected chi connectivity index (χ3v) is 5.79. The van der Waals surface area contributed by atoms with E-state index in [0.717, 1.165) is 5.56 Å². The first-order valence-corrected chi connectivity index (χ1v) is 9.24. The number of urea groups is 1. The molecule has 0 aromatic heterocycles. The minimum Gasteiger partial charge on any atom is -0.394 e. The maximum absolute atomic E-state index is 13.8. The highest BCUT2D eigenvalue weighted by Gasteiger charge is 2.67. The van der Waals surface area contributed by atoms with Gasteiger partial charge in [0.05, 0.1) is 23.9 Å². The Balaban J connectivity index is 1.54. The molecule has 2 aliphatic rings. The maximum atomic E-state index is 13.8. The number of nitrogens with zero attached hydrogens (tertiary/aromatic N) is 2. The summed E-state index contributed by atoms with van der Waals surface area (Å²) >= 11 is 0. The van der Waals surface area contributed by atoms with Crippen molar-refractivity contribution in [3.8, 4) is 0 Å². The van der Waals surface area contributed by atoms with E-state index in [1.54, 1.807) is 21.9 Å². The Labute approximate surface area is 162 Å². The highest BCUT2D eigenvalue weighted by atomic mass is 19.1. The molecule has 2 heterocycles. The van der Waals surface area contributed by atoms with Crippen molar-refractivity contribution in [1.29, 1.82) is 0 Å². The van der Waals surface area contributed by atoms with Gasteiger partial charge in [-0.15, -0.1) is 0 Å². The Morgan fingerprint density at radius 2 is 1.79 bits per heavy atom. The third-order valence-electron chi connectivity index (χ3n) is 5.79. The molecule has 1 spiro atoms. The van der Waals surface area contributed by atoms with Gasteiger partial charge < -0.3 is 20.2 Å². The van der Waals surface area contributed by atoms with Gasteiger partial charge in [-0.2, -0.15) is 0 Å². The van der Waals surface area contributed by atoms with Crippen LogP contribution in [0.15, 0.2) is 54.6 Å². The summed E-state index contributed by atoms with van der Waals surface area (Å²) < 4.78 is 13.8. The number of para-hydroxylation sites is 1. The largest absolute Gasteiger partial charge is 0.394 e. The fraction of sp³-hybridized carbons (Fsp3) is 0.333. The van der Waals surface area contributed by atoms with E-state index in [9.17, 15) is 19.1 Å². The molecule has 2 aromatic carbocycles. The molecule has 0 radical (unpaired) electrons. The lowest BCUT2D eigenvalue weighted by Crippen LogP contribution is -2.86. The summed E-state index contributed by atoms with van der Waals surface area (Å²) in [5.74, 6) is -0.678. The topological polar surface area (TPSA) is 72.9 Å². The molecule has 6 nitrogen and oxygen atoms in total. The van der Waals surface area contributed by atoms with Gasteiger partial charge in [0.2, 0.25) is 5.91 Å². The summed E-state index contributed by atoms with van der Waals surface area (Å²) in [6.07, 6.45) is 0. The standard InChI is InChI=1S/C21H22FN3O3/c1-14(27)25-18(11-26)19(15-7-3-2-4-8-15)21(25)12-24(13-21)20(28)23-17-10-6-5-9-16(17)22/h2-10,18-19,26H,11-13H2,1H3,(H,23,28)/t18-,19+/m1/s1. The van der Waals surface area contributed by atoms with Crippen molar-refractivity contribution >= 4 is 17.6 Å². The first-order chi connectivity index (χ1) is 13.5. The fourth-order valence-corrected chi connectivity index (χ4v) is 4.70. The number of halogens is 1. The van der Waals surface area contributed by atoms with Crippen LogP contribution < -0.4 is 5.32 Å². The van der Waals surface area contributed by atoms with E-state index >= 15 is 0 Å². The van der Waals surface area contributed by atoms with Gasteiger partial charge in [0.1, 0.15) is 5.82 Å². The van der Waals surface area contributed by atoms with Crippen LogP contribution in [0.4, 0.5) is 14.9 Å². The number of anilines is 1. The van der Waals surface area contributed by atoms with Crippen LogP contribution >= 0.6 is 0 Å². The molecule has 2 aliphatic heterocycles. The van der Waals surface area contributed by atoms with Gasteiger partial charge >= 0.3 is 6.03 Å². The molecule has 3 amide bonds. The maximum Gasteiger partial charge on any atom is 0.322 e. The average Bonchev–Trinajstić information content (AvgIpc) is 2.62. The molecular formula is C21H22FN3O3. The molecule has 0 saturated carbocycles. The van der Waals surface area contributed by atoms with E-state index in [2.05, 4.69) is 5.32 Å². The van der Waals surface area contributed by atoms with Gasteiger partial charge in [-0.05, 0) is 17.7 Å². The van der Waals surface area contributed by atoms with E-state index < -0.39 is 17.4 Å². The van der Waals surface area contributed by atoms with E-state index in [4.69, 9.17) is 0 Å². The second kappa shape index (κ2) is 6.91. The van der Waals surface area contributed by atoms with Gasteiger partial charge in [0, 0.05) is 25.9 Å². The summed E-state index contributed by atoms with van der Waals surface area (Å²) in [5, 5.41) is 12.4. The SMILES string of the molecule is CC(=O)N1[C@H](CO)[C@H](c2ccccc2)C12CN(C(=O)Nc1ccccc1F)C2. The second-order valence-corrected chi connectivity index (χ2v) is 7.40. The van der Waals surface area contributed by atoms with Gasteiger partial charge in [-0.3, -0.25) is 4.79 Å². The van der Waals surface area contributed by atoms with Gasteiger partial charge in [0.25, 0.3) is 0 Å². The highest BCUT2D eigenvalue weighted by molar-refractivity contribution is 5.91. The van der Waals surface area contributed by atoms with Crippen molar-refractivity contribution in [3.63, 3.8) is 0 Å². The molecule has 2 fully saturated rings. The molecule has 146 valence electrons. The van der Waals surface area contributed by atoms with Crippen LogP contribution in [0.5, 0.6) is 0 Å². The molecule has 2 N–H and O–H groups in total. The number of amides is 3. The van der Waals surface area contributed by atoms with Gasteiger partial charge in [-0.25, -0.2) is 9.18 Å². The molecule has 2 saturated heterocycles. The Morgan fingerprint density at radius 3 is 2.39 bits per heavy atom. The van der Waals surface area contributed by atoms with Crippen LogP contribution in [0.25, 0.3) is 0 Å². The Hall–Kier alpha value is -2.93. The number of carbonyl (C=O) groups excluding carboxylic acids is 2. The molecule has 2 atom stereocenters. The first-order valence-electron chi connectivity index (χ1n) is 9.24. The van der Waals surface area contributed by atoms with Crippen LogP contribution in [0.2, 0.25) is 0 Å². The van der Waals surface area contributed by atoms with E-state index in [0.29, 0.717) is 13.1 Å². The van der Waals surface area contributed by atoms with Gasteiger partial charge in [0.15, 0.2) is 0 Å². The van der Waals surface area contributed by atoms with E-state index in [1.165, 1.54) is 19.1 Å². The monoisotopic (exact) mass is 383 g/mol. The summed E-state index contributed by atoms with van der Waals surface area (Å²) in [4.78, 5) is 28.0. The number of hydrogen-bond donors (Lipinski definition) is 2. The fourth-order valence-electron chi connectivity index (χ4n) is 4.70. The highest BCUT2D eigenvalue weighted by Crippen LogP contribution is 2.53. The van der Waals surface area contributed by atoms with Crippen molar-refractivity contribution in [1.82, 2.24) is 9.80 Å². The Bertz CT molecular complexity index is 899. The van der Waals surface area contributed by atoms with Crippen LogP contribution in [-0.4, -0.2) is 58.1 Å². The van der Waals surface area contributed by atoms with E-state index in [-0.39, 0.29) is 30.2 Å². The quantitative estimate of drug-likeness (QED) is 0.855. The molecule has 4 rings (SSSR count). The number of nitrogens with one attached hydrogen (secondary N) is 1. The van der Waals surface area contributed by atoms with Crippen molar-refractivity contribution in [2.45, 2.75) is 24.4 Å². The lowest BCUT2D eigenvalue weighted by molar-refractivity contribution is -0.190. The average molecular weight is 383 g/mol. The van der Waals surface area contributed by atoms with Crippen LogP contribution in [0.1, 0.15) is 18.4 Å². The summed E-state index contributed by atoms with van der Waals surface area (Å²) in [6.45, 7) is 2.02. The summed E-state index contributed by atoms with van der Waals surface area (Å²) in [5.41, 5.74) is 0.624. The summed E-state index contributed by atoms with van der Waals surface area (Å²) in [7, 11) is 0. The van der Waals surface area contributed by atoms with Crippen LogP contribution in [0.3, 0.4) is 0 Å². The Kier molecular flexibility index (Phi) is 4.55. The number of hydrogen-bond acceptors (Lipinski definition) is 3. The van der Waals surface area contributed by atoms with Crippen molar-refractivity contribution in [3.05, 3.63) is 66.0 Å². The zero-order valence-corrected chi connectivity index (χ0v) is 15.5. The normalized spacial score (nSPS) is 22.4. The molecular weight excluding hydrogens is 361 g/mol. The van der Waals surface area contributed by atoms with Gasteiger partial charge in [-0.1, -0.05) is 42.5 Å². The molecule has 2 aromatic rings. The lowest BCUT2D eigenvalue weighted by Gasteiger charge is -2.70. The van der Waals surface area contributed by atoms with Crippen molar-refractivity contribution in [2.24, 2.45) is 0 Å². The third kappa shape index (κ3) is 2.74. The number of rotatable bonds is 3. The number of benzene rings is 2. The predicted molar refractivity (Wildman–Crippen MR) is 102 cm³/mol. The van der Waals surface area contributed by atoms with Crippen LogP contribution in [0, 0.1) is 5.82 Å². The number of aliphatic hydroxyl groups excluding tert-OH is 1. The first kappa shape index (κ1) is 18.4. The minimum absolute atomic E-state index is 0.0555. The lowest BCUT2D eigenvalue weighted by atomic mass is 9.60. The molecule has 0 bridgehead atoms.